The van der Waals surface area contributed by atoms with Gasteiger partial charge in [-0.05, 0) is 0 Å². The predicted octanol–water partition coefficient (Wildman–Crippen LogP) is 8.34. The van der Waals surface area contributed by atoms with Crippen molar-refractivity contribution in [3.63, 3.8) is 0 Å². The molecule has 0 N–H and O–H groups in total. The standard InChI is InChI=1S/2C10H8O.C9H6O.2ClH.Ti/c2*11-10-7-3-5-8-4-1-2-6-9(8)10;1-7-6-10-9-5-3-2-4-8(7)9;;;/h2*1-7,11H;1-6H;2*1H;/q;;;;;+2/p-2. The molecule has 0 unspecified atom stereocenters. The van der Waals surface area contributed by atoms with Crippen molar-refractivity contribution < 1.29 is 29.2 Å². The summed E-state index contributed by atoms with van der Waals surface area (Å²) in [7, 11) is 0. The number of hydrogen-bond acceptors (Lipinski definition) is 3. The summed E-state index contributed by atoms with van der Waals surface area (Å²) < 4.78 is 21.2. The summed E-state index contributed by atoms with van der Waals surface area (Å²) in [6.45, 7) is 0. The molecule has 3 nitrogen and oxygen atoms in total. The van der Waals surface area contributed by atoms with E-state index in [4.69, 9.17) is 11.1 Å². The Kier molecular flexibility index (Phi) is 7.95. The summed E-state index contributed by atoms with van der Waals surface area (Å²) in [5.41, 5.74) is 1.86. The topological polar surface area (TPSA) is 31.6 Å². The van der Waals surface area contributed by atoms with Gasteiger partial charge in [-0.15, -0.1) is 24.8 Å². The van der Waals surface area contributed by atoms with E-state index in [1.807, 2.05) is 66.7 Å². The molecular weight excluding hydrogens is 515 g/mol. The molecule has 0 spiro atoms. The molecule has 0 fully saturated rings. The second kappa shape index (κ2) is 11.1. The molecule has 6 heteroatoms. The van der Waals surface area contributed by atoms with E-state index in [1.54, 1.807) is 6.26 Å². The molecule has 35 heavy (non-hydrogen) atoms. The van der Waals surface area contributed by atoms with Crippen molar-refractivity contribution in [2.45, 2.75) is 0 Å². The summed E-state index contributed by atoms with van der Waals surface area (Å²) in [6.07, 6.45) is 1.79. The van der Waals surface area contributed by atoms with Gasteiger partial charge in [-0.2, -0.15) is 0 Å². The van der Waals surface area contributed by atoms with E-state index < -0.39 is 18.2 Å². The van der Waals surface area contributed by atoms with Crippen LogP contribution in [0.15, 0.2) is 120 Å². The van der Waals surface area contributed by atoms with Gasteiger partial charge in [0.15, 0.2) is 0 Å². The van der Waals surface area contributed by atoms with Crippen LogP contribution in [0.25, 0.3) is 32.5 Å². The van der Waals surface area contributed by atoms with Crippen LogP contribution in [0.5, 0.6) is 11.5 Å². The van der Waals surface area contributed by atoms with Crippen LogP contribution in [0, 0.1) is 0 Å². The fraction of sp³-hybridized carbons (Fsp3) is 0. The van der Waals surface area contributed by atoms with Gasteiger partial charge in [-0.25, -0.2) is 0 Å². The van der Waals surface area contributed by atoms with Gasteiger partial charge in [0, 0.05) is 0 Å². The first-order chi connectivity index (χ1) is 16.3. The Morgan fingerprint density at radius 1 is 0.543 bits per heavy atom. The van der Waals surface area contributed by atoms with E-state index in [1.165, 1.54) is 0 Å². The van der Waals surface area contributed by atoms with Crippen LogP contribution in [-0.2, 0) is 18.2 Å². The molecule has 1 heterocycles. The molecule has 0 saturated carbocycles. The molecule has 0 saturated heterocycles. The number of halogens is 2. The Morgan fingerprint density at radius 3 is 1.63 bits per heavy atom. The molecule has 0 aliphatic carbocycles. The van der Waals surface area contributed by atoms with Crippen molar-refractivity contribution in [1.29, 1.82) is 0 Å². The van der Waals surface area contributed by atoms with Crippen LogP contribution >= 0.6 is 24.8 Å². The summed E-state index contributed by atoms with van der Waals surface area (Å²) in [5, 5.41) is 5.51. The number of fused-ring (bicyclic) bond motifs is 3. The third kappa shape index (κ3) is 5.14. The molecule has 1 aromatic heterocycles. The Hall–Kier alpha value is -3.08. The minimum atomic E-state index is -2.73. The molecule has 6 aromatic rings. The first-order valence-electron chi connectivity index (χ1n) is 10.8. The number of benzene rings is 5. The van der Waals surface area contributed by atoms with Gasteiger partial charge < -0.3 is 0 Å². The molecular formula is C29H22Cl2O3Ti. The van der Waals surface area contributed by atoms with Crippen LogP contribution in [0.2, 0.25) is 0 Å². The molecule has 0 amide bonds. The fourth-order valence-electron chi connectivity index (χ4n) is 4.10. The van der Waals surface area contributed by atoms with Gasteiger partial charge in [0.2, 0.25) is 0 Å². The van der Waals surface area contributed by atoms with Crippen molar-refractivity contribution >= 4 is 61.6 Å². The van der Waals surface area contributed by atoms with Crippen molar-refractivity contribution in [3.8, 4) is 11.5 Å². The molecule has 0 atom stereocenters. The van der Waals surface area contributed by atoms with Gasteiger partial charge in [-0.3, -0.25) is 0 Å². The quantitative estimate of drug-likeness (QED) is 0.207. The molecule has 0 radical (unpaired) electrons. The normalized spacial score (nSPS) is 10.4. The Balaban J connectivity index is 0.00000144. The molecule has 0 bridgehead atoms. The molecule has 174 valence electrons. The monoisotopic (exact) mass is 536 g/mol. The maximum absolute atomic E-state index is 6.65. The Bertz CT molecular complexity index is 1550. The van der Waals surface area contributed by atoms with Crippen LogP contribution in [-0.4, -0.2) is 4.31 Å². The van der Waals surface area contributed by atoms with Gasteiger partial charge in [0.05, 0.1) is 0 Å². The minimum absolute atomic E-state index is 0. The Morgan fingerprint density at radius 2 is 1.03 bits per heavy atom. The first kappa shape index (κ1) is 25.0. The van der Waals surface area contributed by atoms with E-state index in [0.717, 1.165) is 49.6 Å². The number of rotatable bonds is 5. The van der Waals surface area contributed by atoms with Crippen molar-refractivity contribution in [2.75, 3.05) is 0 Å². The predicted molar refractivity (Wildman–Crippen MR) is 145 cm³/mol. The first-order valence-corrected chi connectivity index (χ1v) is 13.0. The third-order valence-corrected chi connectivity index (χ3v) is 7.87. The summed E-state index contributed by atoms with van der Waals surface area (Å²) >= 11 is -2.73. The molecule has 6 rings (SSSR count). The van der Waals surface area contributed by atoms with Gasteiger partial charge in [-0.1, -0.05) is 0 Å². The maximum atomic E-state index is 6.65. The summed E-state index contributed by atoms with van der Waals surface area (Å²) in [4.78, 5) is 0. The van der Waals surface area contributed by atoms with E-state index >= 15 is 0 Å². The molecule has 0 aliphatic rings. The number of furan rings is 1. The number of hydrogen-bond donors (Lipinski definition) is 0. The summed E-state index contributed by atoms with van der Waals surface area (Å²) in [5.74, 6) is 1.68. The molecule has 5 aromatic carbocycles. The zero-order valence-corrected chi connectivity index (χ0v) is 21.8. The van der Waals surface area contributed by atoms with Crippen LogP contribution < -0.4 is 6.64 Å². The van der Waals surface area contributed by atoms with Gasteiger partial charge in [0.25, 0.3) is 0 Å². The van der Waals surface area contributed by atoms with Crippen molar-refractivity contribution in [2.24, 2.45) is 0 Å². The average molecular weight is 537 g/mol. The van der Waals surface area contributed by atoms with E-state index in [9.17, 15) is 0 Å². The van der Waals surface area contributed by atoms with Crippen LogP contribution in [0.3, 0.4) is 0 Å². The SMILES string of the molecule is Cl.Cl.[CH](c1coc2ccccc12)=[Ti]([O]c1cccc2ccccc12)[O]c1cccc2ccccc12. The second-order valence-electron chi connectivity index (χ2n) is 7.81. The van der Waals surface area contributed by atoms with Gasteiger partial charge in [0.1, 0.15) is 0 Å². The fourth-order valence-corrected chi connectivity index (χ4v) is 6.33. The van der Waals surface area contributed by atoms with Gasteiger partial charge >= 0.3 is 199 Å². The van der Waals surface area contributed by atoms with Crippen molar-refractivity contribution in [1.82, 2.24) is 0 Å². The van der Waals surface area contributed by atoms with E-state index in [2.05, 4.69) is 46.8 Å². The van der Waals surface area contributed by atoms with E-state index in [-0.39, 0.29) is 24.8 Å². The molecule has 0 aliphatic heterocycles. The van der Waals surface area contributed by atoms with E-state index in [0.29, 0.717) is 0 Å². The zero-order chi connectivity index (χ0) is 22.0. The average Bonchev–Trinajstić information content (AvgIpc) is 3.27. The van der Waals surface area contributed by atoms with Crippen LogP contribution in [0.1, 0.15) is 5.56 Å². The second-order valence-corrected chi connectivity index (χ2v) is 9.89. The van der Waals surface area contributed by atoms with Crippen molar-refractivity contribution in [3.05, 3.63) is 121 Å². The summed E-state index contributed by atoms with van der Waals surface area (Å²) in [6, 6.07) is 36.9. The number of para-hydroxylation sites is 1. The third-order valence-electron chi connectivity index (χ3n) is 5.70. The zero-order valence-electron chi connectivity index (χ0n) is 18.6. The van der Waals surface area contributed by atoms with Crippen LogP contribution in [0.4, 0.5) is 0 Å². The Labute approximate surface area is 222 Å².